The number of nitrogens with zero attached hydrogens (tertiary/aromatic N) is 1. The molecule has 4 heteroatoms. The Morgan fingerprint density at radius 1 is 0.963 bits per heavy atom. The summed E-state index contributed by atoms with van der Waals surface area (Å²) >= 11 is 0. The minimum Gasteiger partial charge on any atom is -0.340 e. The normalized spacial score (nSPS) is 10.5. The number of aryl methyl sites for hydroxylation is 4. The fourth-order valence-corrected chi connectivity index (χ4v) is 3.17. The molecule has 0 spiro atoms. The van der Waals surface area contributed by atoms with Gasteiger partial charge in [-0.1, -0.05) is 48.0 Å². The molecule has 4 nitrogen and oxygen atoms in total. The second kappa shape index (κ2) is 8.49. The summed E-state index contributed by atoms with van der Waals surface area (Å²) < 4.78 is 0. The first-order valence-electron chi connectivity index (χ1n) is 9.16. The molecule has 1 amide bonds. The number of amides is 1. The lowest BCUT2D eigenvalue weighted by Gasteiger charge is -2.13. The monoisotopic (exact) mass is 359 g/mol. The Morgan fingerprint density at radius 2 is 1.67 bits per heavy atom. The van der Waals surface area contributed by atoms with E-state index in [0.717, 1.165) is 23.5 Å². The molecule has 138 valence electrons. The van der Waals surface area contributed by atoms with Crippen molar-refractivity contribution < 1.29 is 4.79 Å². The quantitative estimate of drug-likeness (QED) is 0.626. The minimum atomic E-state index is -0.00779. The number of carbonyl (C=O) groups is 1. The third-order valence-corrected chi connectivity index (χ3v) is 4.46. The molecule has 3 rings (SSSR count). The summed E-state index contributed by atoms with van der Waals surface area (Å²) in [5.41, 5.74) is 6.56. The number of anilines is 3. The fraction of sp³-hybridized carbons (Fsp3) is 0.217. The van der Waals surface area contributed by atoms with Gasteiger partial charge in [-0.25, -0.2) is 4.98 Å². The Morgan fingerprint density at radius 3 is 2.30 bits per heavy atom. The molecule has 3 aromatic rings. The van der Waals surface area contributed by atoms with Gasteiger partial charge in [0.25, 0.3) is 0 Å². The van der Waals surface area contributed by atoms with Crippen LogP contribution in [-0.4, -0.2) is 10.9 Å². The van der Waals surface area contributed by atoms with Gasteiger partial charge >= 0.3 is 0 Å². The van der Waals surface area contributed by atoms with Crippen molar-refractivity contribution in [3.05, 3.63) is 83.0 Å². The van der Waals surface area contributed by atoms with Crippen molar-refractivity contribution in [2.45, 2.75) is 33.6 Å². The first-order valence-corrected chi connectivity index (χ1v) is 9.16. The van der Waals surface area contributed by atoms with Crippen LogP contribution in [-0.2, 0) is 11.2 Å². The van der Waals surface area contributed by atoms with Gasteiger partial charge in [0.1, 0.15) is 5.82 Å². The van der Waals surface area contributed by atoms with Crippen LogP contribution in [0.2, 0.25) is 0 Å². The smallest absolute Gasteiger partial charge is 0.224 e. The zero-order chi connectivity index (χ0) is 19.2. The standard InChI is InChI=1S/C23H25N3O/c1-16-13-17(2)23(18(3)14-16)26-21-11-10-20(15-24-21)25-22(27)12-9-19-7-5-4-6-8-19/h4-8,10-11,13-15H,9,12H2,1-3H3,(H,24,26)(H,25,27). The summed E-state index contributed by atoms with van der Waals surface area (Å²) in [4.78, 5) is 16.6. The van der Waals surface area contributed by atoms with Gasteiger partial charge in [0.05, 0.1) is 11.9 Å². The van der Waals surface area contributed by atoms with E-state index in [1.807, 2.05) is 42.5 Å². The lowest BCUT2D eigenvalue weighted by Crippen LogP contribution is -2.12. The topological polar surface area (TPSA) is 54.0 Å². The molecule has 0 fully saturated rings. The van der Waals surface area contributed by atoms with Gasteiger partial charge in [0, 0.05) is 12.1 Å². The summed E-state index contributed by atoms with van der Waals surface area (Å²) in [6.45, 7) is 6.27. The van der Waals surface area contributed by atoms with Crippen molar-refractivity contribution in [3.63, 3.8) is 0 Å². The largest absolute Gasteiger partial charge is 0.340 e. The lowest BCUT2D eigenvalue weighted by molar-refractivity contribution is -0.116. The van der Waals surface area contributed by atoms with Gasteiger partial charge in [-0.3, -0.25) is 4.79 Å². The summed E-state index contributed by atoms with van der Waals surface area (Å²) in [5, 5.41) is 6.28. The number of hydrogen-bond donors (Lipinski definition) is 2. The zero-order valence-corrected chi connectivity index (χ0v) is 16.0. The van der Waals surface area contributed by atoms with Crippen LogP contribution in [0.5, 0.6) is 0 Å². The van der Waals surface area contributed by atoms with E-state index >= 15 is 0 Å². The molecule has 0 atom stereocenters. The van der Waals surface area contributed by atoms with E-state index in [-0.39, 0.29) is 5.91 Å². The van der Waals surface area contributed by atoms with Crippen LogP contribution in [0.3, 0.4) is 0 Å². The van der Waals surface area contributed by atoms with Crippen molar-refractivity contribution >= 4 is 23.1 Å². The third kappa shape index (κ3) is 5.17. The average Bonchev–Trinajstić information content (AvgIpc) is 2.65. The molecule has 27 heavy (non-hydrogen) atoms. The summed E-state index contributed by atoms with van der Waals surface area (Å²) in [5.74, 6) is 0.749. The van der Waals surface area contributed by atoms with E-state index < -0.39 is 0 Å². The van der Waals surface area contributed by atoms with E-state index in [0.29, 0.717) is 12.1 Å². The molecule has 1 aromatic heterocycles. The van der Waals surface area contributed by atoms with E-state index in [4.69, 9.17) is 0 Å². The SMILES string of the molecule is Cc1cc(C)c(Nc2ccc(NC(=O)CCc3ccccc3)cn2)c(C)c1. The number of hydrogen-bond acceptors (Lipinski definition) is 3. The van der Waals surface area contributed by atoms with Crippen LogP contribution in [0, 0.1) is 20.8 Å². The Balaban J connectivity index is 1.58. The molecule has 0 aliphatic rings. The molecule has 0 saturated heterocycles. The van der Waals surface area contributed by atoms with Gasteiger partial charge in [0.15, 0.2) is 0 Å². The third-order valence-electron chi connectivity index (χ3n) is 4.46. The molecule has 0 bridgehead atoms. The average molecular weight is 359 g/mol. The fourth-order valence-electron chi connectivity index (χ4n) is 3.17. The Hall–Kier alpha value is -3.14. The molecule has 1 heterocycles. The lowest BCUT2D eigenvalue weighted by atomic mass is 10.1. The van der Waals surface area contributed by atoms with E-state index in [9.17, 15) is 4.79 Å². The van der Waals surface area contributed by atoms with Crippen molar-refractivity contribution in [2.75, 3.05) is 10.6 Å². The van der Waals surface area contributed by atoms with E-state index in [1.54, 1.807) is 6.20 Å². The van der Waals surface area contributed by atoms with Crippen molar-refractivity contribution in [1.82, 2.24) is 4.98 Å². The maximum atomic E-state index is 12.1. The second-order valence-electron chi connectivity index (χ2n) is 6.86. The van der Waals surface area contributed by atoms with Crippen LogP contribution < -0.4 is 10.6 Å². The van der Waals surface area contributed by atoms with Gasteiger partial charge in [0.2, 0.25) is 5.91 Å². The first-order chi connectivity index (χ1) is 13.0. The Labute approximate surface area is 160 Å². The highest BCUT2D eigenvalue weighted by atomic mass is 16.1. The van der Waals surface area contributed by atoms with Crippen LogP contribution in [0.15, 0.2) is 60.8 Å². The highest BCUT2D eigenvalue weighted by molar-refractivity contribution is 5.90. The van der Waals surface area contributed by atoms with Gasteiger partial charge in [-0.2, -0.15) is 0 Å². The van der Waals surface area contributed by atoms with Crippen LogP contribution >= 0.6 is 0 Å². The number of pyridine rings is 1. The molecule has 0 radical (unpaired) electrons. The molecular formula is C23H25N3O. The van der Waals surface area contributed by atoms with Gasteiger partial charge in [-0.05, 0) is 56.0 Å². The van der Waals surface area contributed by atoms with Gasteiger partial charge in [-0.15, -0.1) is 0 Å². The Kier molecular flexibility index (Phi) is 5.87. The van der Waals surface area contributed by atoms with Crippen LogP contribution in [0.1, 0.15) is 28.7 Å². The predicted molar refractivity (Wildman–Crippen MR) is 112 cm³/mol. The zero-order valence-electron chi connectivity index (χ0n) is 16.0. The summed E-state index contributed by atoms with van der Waals surface area (Å²) in [7, 11) is 0. The van der Waals surface area contributed by atoms with E-state index in [2.05, 4.69) is 48.5 Å². The molecule has 2 N–H and O–H groups in total. The summed E-state index contributed by atoms with van der Waals surface area (Å²) in [6.07, 6.45) is 2.86. The van der Waals surface area contributed by atoms with Crippen LogP contribution in [0.25, 0.3) is 0 Å². The molecule has 0 aliphatic heterocycles. The molecule has 2 aromatic carbocycles. The van der Waals surface area contributed by atoms with Crippen molar-refractivity contribution in [1.29, 1.82) is 0 Å². The highest BCUT2D eigenvalue weighted by Crippen LogP contribution is 2.25. The van der Waals surface area contributed by atoms with Crippen LogP contribution in [0.4, 0.5) is 17.2 Å². The number of benzene rings is 2. The predicted octanol–water partition coefficient (Wildman–Crippen LogP) is 5.32. The maximum Gasteiger partial charge on any atom is 0.224 e. The maximum absolute atomic E-state index is 12.1. The number of nitrogens with one attached hydrogen (secondary N) is 2. The van der Waals surface area contributed by atoms with Gasteiger partial charge < -0.3 is 10.6 Å². The molecular weight excluding hydrogens is 334 g/mol. The molecule has 0 saturated carbocycles. The van der Waals surface area contributed by atoms with E-state index in [1.165, 1.54) is 16.7 Å². The Bertz CT molecular complexity index is 895. The molecule has 0 unspecified atom stereocenters. The van der Waals surface area contributed by atoms with Crippen molar-refractivity contribution in [2.24, 2.45) is 0 Å². The highest BCUT2D eigenvalue weighted by Gasteiger charge is 2.07. The first kappa shape index (κ1) is 18.6. The number of carbonyl (C=O) groups excluding carboxylic acids is 1. The number of aromatic nitrogens is 1. The second-order valence-corrected chi connectivity index (χ2v) is 6.86. The molecule has 0 aliphatic carbocycles. The minimum absolute atomic E-state index is 0.00779. The van der Waals surface area contributed by atoms with Crippen molar-refractivity contribution in [3.8, 4) is 0 Å². The summed E-state index contributed by atoms with van der Waals surface area (Å²) in [6, 6.07) is 18.1. The number of rotatable bonds is 6.